The van der Waals surface area contributed by atoms with Gasteiger partial charge in [0, 0.05) is 33.9 Å². The summed E-state index contributed by atoms with van der Waals surface area (Å²) in [4.78, 5) is 21.6. The summed E-state index contributed by atoms with van der Waals surface area (Å²) in [5.41, 5.74) is 5.14. The number of nitro benzene ring substituents is 1. The monoisotopic (exact) mass is 324 g/mol. The van der Waals surface area contributed by atoms with Gasteiger partial charge in [-0.3, -0.25) is 14.9 Å². The highest BCUT2D eigenvalue weighted by molar-refractivity contribution is 7.98. The molecule has 0 fully saturated rings. The van der Waals surface area contributed by atoms with Crippen LogP contribution >= 0.6 is 11.8 Å². The highest BCUT2D eigenvalue weighted by atomic mass is 32.2. The van der Waals surface area contributed by atoms with Crippen LogP contribution in [0.3, 0.4) is 0 Å². The Labute approximate surface area is 128 Å². The molecule has 0 aromatic heterocycles. The number of carbonyl (C=O) groups is 1. The lowest BCUT2D eigenvalue weighted by molar-refractivity contribution is -0.385. The van der Waals surface area contributed by atoms with Crippen LogP contribution in [0.25, 0.3) is 0 Å². The largest absolute Gasteiger partial charge is 0.366 e. The van der Waals surface area contributed by atoms with Crippen LogP contribution in [0.1, 0.15) is 15.9 Å². The van der Waals surface area contributed by atoms with E-state index < -0.39 is 22.5 Å². The predicted octanol–water partition coefficient (Wildman–Crippen LogP) is 3.26. The second kappa shape index (κ2) is 6.52. The van der Waals surface area contributed by atoms with E-state index in [4.69, 9.17) is 5.73 Å². The number of hydrogen-bond acceptors (Lipinski definition) is 4. The Bertz CT molecular complexity index is 753. The normalized spacial score (nSPS) is 10.5. The average molecular weight is 324 g/mol. The summed E-state index contributed by atoms with van der Waals surface area (Å²) in [5, 5.41) is 11.0. The summed E-state index contributed by atoms with van der Waals surface area (Å²) in [6.45, 7) is 0. The number of nitrogens with zero attached hydrogens (tertiary/aromatic N) is 1. The van der Waals surface area contributed by atoms with Crippen molar-refractivity contribution in [1.29, 1.82) is 0 Å². The smallest absolute Gasteiger partial charge is 0.274 e. The van der Waals surface area contributed by atoms with E-state index in [1.54, 1.807) is 0 Å². The van der Waals surface area contributed by atoms with Gasteiger partial charge in [0.15, 0.2) is 0 Å². The molecular formula is C14H10F2N2O3S. The van der Waals surface area contributed by atoms with Crippen LogP contribution in [-0.2, 0) is 5.75 Å². The van der Waals surface area contributed by atoms with E-state index in [1.165, 1.54) is 18.2 Å². The van der Waals surface area contributed by atoms with E-state index in [0.717, 1.165) is 30.0 Å². The van der Waals surface area contributed by atoms with Crippen molar-refractivity contribution in [1.82, 2.24) is 0 Å². The fourth-order valence-corrected chi connectivity index (χ4v) is 2.67. The molecule has 0 saturated carbocycles. The van der Waals surface area contributed by atoms with Crippen molar-refractivity contribution in [3.05, 3.63) is 69.3 Å². The van der Waals surface area contributed by atoms with Crippen molar-refractivity contribution < 1.29 is 18.5 Å². The Morgan fingerprint density at radius 3 is 2.55 bits per heavy atom. The summed E-state index contributed by atoms with van der Waals surface area (Å²) in [6, 6.07) is 6.96. The van der Waals surface area contributed by atoms with Crippen LogP contribution in [0.2, 0.25) is 0 Å². The van der Waals surface area contributed by atoms with Gasteiger partial charge in [-0.15, -0.1) is 11.8 Å². The Hall–Kier alpha value is -2.48. The number of amides is 1. The number of thioether (sulfide) groups is 1. The van der Waals surface area contributed by atoms with Gasteiger partial charge in [-0.25, -0.2) is 8.78 Å². The van der Waals surface area contributed by atoms with Crippen LogP contribution in [0.15, 0.2) is 41.3 Å². The number of hydrogen-bond donors (Lipinski definition) is 1. The number of halogens is 2. The topological polar surface area (TPSA) is 86.2 Å². The highest BCUT2D eigenvalue weighted by Crippen LogP contribution is 2.30. The molecule has 0 aliphatic carbocycles. The van der Waals surface area contributed by atoms with Crippen molar-refractivity contribution in [3.63, 3.8) is 0 Å². The molecule has 0 unspecified atom stereocenters. The molecule has 5 nitrogen and oxygen atoms in total. The Kier molecular flexibility index (Phi) is 4.71. The lowest BCUT2D eigenvalue weighted by Gasteiger charge is -2.06. The Morgan fingerprint density at radius 2 is 1.95 bits per heavy atom. The summed E-state index contributed by atoms with van der Waals surface area (Å²) < 4.78 is 26.3. The lowest BCUT2D eigenvalue weighted by Crippen LogP contribution is -2.11. The van der Waals surface area contributed by atoms with Gasteiger partial charge in [0.05, 0.1) is 4.92 Å². The molecule has 0 saturated heterocycles. The van der Waals surface area contributed by atoms with Gasteiger partial charge in [-0.2, -0.15) is 0 Å². The maximum absolute atomic E-state index is 13.5. The fraction of sp³-hybridized carbons (Fsp3) is 0.0714. The fourth-order valence-electron chi connectivity index (χ4n) is 1.76. The molecule has 0 atom stereocenters. The van der Waals surface area contributed by atoms with Crippen LogP contribution < -0.4 is 5.73 Å². The van der Waals surface area contributed by atoms with Crippen molar-refractivity contribution in [3.8, 4) is 0 Å². The summed E-state index contributed by atoms with van der Waals surface area (Å²) in [6.07, 6.45) is 0. The van der Waals surface area contributed by atoms with Crippen LogP contribution in [0, 0.1) is 21.7 Å². The van der Waals surface area contributed by atoms with Gasteiger partial charge in [0.25, 0.3) is 5.69 Å². The SMILES string of the molecule is NC(=O)c1ccc(CSc2ccc(F)cc2F)c([N+](=O)[O-])c1. The van der Waals surface area contributed by atoms with Crippen molar-refractivity contribution in [2.45, 2.75) is 10.6 Å². The van der Waals surface area contributed by atoms with E-state index in [2.05, 4.69) is 0 Å². The lowest BCUT2D eigenvalue weighted by atomic mass is 10.1. The minimum atomic E-state index is -0.771. The highest BCUT2D eigenvalue weighted by Gasteiger charge is 2.17. The van der Waals surface area contributed by atoms with Crippen molar-refractivity contribution in [2.75, 3.05) is 0 Å². The van der Waals surface area contributed by atoms with Gasteiger partial charge in [0.1, 0.15) is 11.6 Å². The van der Waals surface area contributed by atoms with Crippen molar-refractivity contribution in [2.24, 2.45) is 5.73 Å². The minimum Gasteiger partial charge on any atom is -0.366 e. The molecule has 2 rings (SSSR count). The van der Waals surface area contributed by atoms with Gasteiger partial charge in [0.2, 0.25) is 5.91 Å². The van der Waals surface area contributed by atoms with Crippen LogP contribution in [0.4, 0.5) is 14.5 Å². The molecule has 2 N–H and O–H groups in total. The molecule has 0 spiro atoms. The third kappa shape index (κ3) is 3.59. The molecule has 2 aromatic carbocycles. The van der Waals surface area contributed by atoms with E-state index in [-0.39, 0.29) is 21.9 Å². The predicted molar refractivity (Wildman–Crippen MR) is 77.5 cm³/mol. The second-order valence-electron chi connectivity index (χ2n) is 4.33. The molecule has 22 heavy (non-hydrogen) atoms. The zero-order chi connectivity index (χ0) is 16.3. The van der Waals surface area contributed by atoms with Crippen LogP contribution in [0.5, 0.6) is 0 Å². The molecule has 0 radical (unpaired) electrons. The quantitative estimate of drug-likeness (QED) is 0.519. The van der Waals surface area contributed by atoms with E-state index in [0.29, 0.717) is 5.56 Å². The number of primary amides is 1. The summed E-state index contributed by atoms with van der Waals surface area (Å²) in [7, 11) is 0. The maximum Gasteiger partial charge on any atom is 0.274 e. The number of rotatable bonds is 5. The minimum absolute atomic E-state index is 0.0217. The van der Waals surface area contributed by atoms with Crippen molar-refractivity contribution >= 4 is 23.4 Å². The Balaban J connectivity index is 2.25. The van der Waals surface area contributed by atoms with Crippen LogP contribution in [-0.4, -0.2) is 10.8 Å². The molecule has 0 bridgehead atoms. The number of nitro groups is 1. The van der Waals surface area contributed by atoms with Gasteiger partial charge >= 0.3 is 0 Å². The molecule has 0 aliphatic rings. The summed E-state index contributed by atoms with van der Waals surface area (Å²) in [5.74, 6) is -2.11. The van der Waals surface area contributed by atoms with E-state index >= 15 is 0 Å². The first-order valence-corrected chi connectivity index (χ1v) is 7.02. The number of nitrogens with two attached hydrogens (primary N) is 1. The number of carbonyl (C=O) groups excluding carboxylic acids is 1. The summed E-state index contributed by atoms with van der Waals surface area (Å²) >= 11 is 0.992. The zero-order valence-electron chi connectivity index (χ0n) is 11.1. The van der Waals surface area contributed by atoms with Gasteiger partial charge in [-0.1, -0.05) is 6.07 Å². The maximum atomic E-state index is 13.5. The number of benzene rings is 2. The molecule has 2 aromatic rings. The first-order valence-electron chi connectivity index (χ1n) is 6.03. The zero-order valence-corrected chi connectivity index (χ0v) is 11.9. The first-order chi connectivity index (χ1) is 10.4. The molecule has 0 heterocycles. The molecule has 0 aliphatic heterocycles. The average Bonchev–Trinajstić information content (AvgIpc) is 2.46. The molecule has 114 valence electrons. The standard InChI is InChI=1S/C14H10F2N2O3S/c15-10-3-4-13(11(16)6-10)22-7-9-2-1-8(14(17)19)5-12(9)18(20)21/h1-6H,7H2,(H2,17,19). The first kappa shape index (κ1) is 15.9. The molecule has 1 amide bonds. The second-order valence-corrected chi connectivity index (χ2v) is 5.35. The third-order valence-corrected chi connectivity index (χ3v) is 3.94. The van der Waals surface area contributed by atoms with Gasteiger partial charge in [-0.05, 0) is 18.2 Å². The molecular weight excluding hydrogens is 314 g/mol. The van der Waals surface area contributed by atoms with Gasteiger partial charge < -0.3 is 5.73 Å². The Morgan fingerprint density at radius 1 is 1.23 bits per heavy atom. The third-order valence-electron chi connectivity index (χ3n) is 2.84. The van der Waals surface area contributed by atoms with E-state index in [9.17, 15) is 23.7 Å². The molecule has 8 heteroatoms. The van der Waals surface area contributed by atoms with E-state index in [1.807, 2.05) is 0 Å².